The highest BCUT2D eigenvalue weighted by atomic mass is 32.1. The van der Waals surface area contributed by atoms with Gasteiger partial charge in [-0.15, -0.1) is 11.3 Å². The fraction of sp³-hybridized carbons (Fsp3) is 0.167. The first kappa shape index (κ1) is 19.9. The third-order valence-electron chi connectivity index (χ3n) is 5.27. The number of ketones is 1. The molecule has 1 aromatic heterocycles. The molecule has 1 unspecified atom stereocenters. The number of aliphatic hydroxyl groups is 1. The highest BCUT2D eigenvalue weighted by molar-refractivity contribution is 7.09. The number of thiophene rings is 1. The molecule has 3 aromatic rings. The van der Waals surface area contributed by atoms with E-state index in [0.717, 1.165) is 16.0 Å². The Hall–Kier alpha value is -3.38. The molecule has 1 N–H and O–H groups in total. The number of carbonyl (C=O) groups excluding carboxylic acids is 2. The number of likely N-dealkylation sites (tertiary alicyclic amines) is 1. The lowest BCUT2D eigenvalue weighted by molar-refractivity contribution is -0.140. The van der Waals surface area contributed by atoms with Gasteiger partial charge in [-0.05, 0) is 41.6 Å². The van der Waals surface area contributed by atoms with Gasteiger partial charge < -0.3 is 14.7 Å². The van der Waals surface area contributed by atoms with Crippen LogP contribution in [0.5, 0.6) is 5.75 Å². The van der Waals surface area contributed by atoms with E-state index in [1.165, 1.54) is 18.4 Å². The molecule has 1 atom stereocenters. The van der Waals surface area contributed by atoms with Crippen molar-refractivity contribution in [2.24, 2.45) is 0 Å². The van der Waals surface area contributed by atoms with Crippen LogP contribution in [0.4, 0.5) is 0 Å². The maximum atomic E-state index is 13.1. The van der Waals surface area contributed by atoms with Crippen LogP contribution in [0.3, 0.4) is 0 Å². The van der Waals surface area contributed by atoms with Crippen molar-refractivity contribution < 1.29 is 19.4 Å². The Morgan fingerprint density at radius 1 is 1.10 bits per heavy atom. The van der Waals surface area contributed by atoms with Crippen LogP contribution >= 0.6 is 11.3 Å². The molecule has 0 aliphatic carbocycles. The van der Waals surface area contributed by atoms with Crippen LogP contribution in [-0.2, 0) is 16.1 Å². The second-order valence-electron chi connectivity index (χ2n) is 7.09. The lowest BCUT2D eigenvalue weighted by Gasteiger charge is -2.26. The number of nitrogens with zero attached hydrogens (tertiary/aromatic N) is 1. The number of aliphatic hydroxyl groups excluding tert-OH is 1. The number of hydrogen-bond donors (Lipinski definition) is 1. The monoisotopic (exact) mass is 419 g/mol. The predicted molar refractivity (Wildman–Crippen MR) is 116 cm³/mol. The van der Waals surface area contributed by atoms with Crippen molar-refractivity contribution in [2.45, 2.75) is 19.5 Å². The molecule has 1 aliphatic heterocycles. The molecule has 2 aromatic carbocycles. The highest BCUT2D eigenvalue weighted by Gasteiger charge is 2.46. The van der Waals surface area contributed by atoms with Crippen LogP contribution in [0.25, 0.3) is 5.76 Å². The molecule has 30 heavy (non-hydrogen) atoms. The molecular weight excluding hydrogens is 398 g/mol. The molecule has 0 bridgehead atoms. The van der Waals surface area contributed by atoms with Crippen LogP contribution < -0.4 is 4.74 Å². The van der Waals surface area contributed by atoms with Gasteiger partial charge in [-0.1, -0.05) is 42.5 Å². The molecule has 0 saturated carbocycles. The summed E-state index contributed by atoms with van der Waals surface area (Å²) < 4.78 is 5.24. The van der Waals surface area contributed by atoms with Crippen molar-refractivity contribution in [1.82, 2.24) is 4.90 Å². The standard InChI is InChI=1S/C24H21NO4S/c1-15-7-3-4-11-19(15)21-20(22(26)16-8-5-9-17(13-16)29-2)23(27)24(28)25(21)14-18-10-6-12-30-18/h3-13,21,26H,14H2,1-2H3/b22-20+. The fourth-order valence-corrected chi connectivity index (χ4v) is 4.46. The van der Waals surface area contributed by atoms with Crippen LogP contribution in [0.1, 0.15) is 27.6 Å². The van der Waals surface area contributed by atoms with Gasteiger partial charge in [0.25, 0.3) is 11.7 Å². The van der Waals surface area contributed by atoms with E-state index in [1.807, 2.05) is 48.7 Å². The smallest absolute Gasteiger partial charge is 0.295 e. The first-order valence-corrected chi connectivity index (χ1v) is 10.4. The van der Waals surface area contributed by atoms with E-state index >= 15 is 0 Å². The van der Waals surface area contributed by atoms with Crippen LogP contribution in [0.2, 0.25) is 0 Å². The zero-order valence-corrected chi connectivity index (χ0v) is 17.5. The number of methoxy groups -OCH3 is 1. The Labute approximate surface area is 178 Å². The van der Waals surface area contributed by atoms with Gasteiger partial charge in [-0.25, -0.2) is 0 Å². The summed E-state index contributed by atoms with van der Waals surface area (Å²) in [4.78, 5) is 28.6. The third-order valence-corrected chi connectivity index (χ3v) is 6.13. The molecule has 0 radical (unpaired) electrons. The summed E-state index contributed by atoms with van der Waals surface area (Å²) in [5.41, 5.74) is 2.29. The Morgan fingerprint density at radius 3 is 2.60 bits per heavy atom. The normalized spacial score (nSPS) is 18.1. The minimum absolute atomic E-state index is 0.0964. The SMILES string of the molecule is COc1cccc(/C(O)=C2\C(=O)C(=O)N(Cc3cccs3)C2c2ccccc2C)c1. The summed E-state index contributed by atoms with van der Waals surface area (Å²) in [7, 11) is 1.53. The van der Waals surface area contributed by atoms with Gasteiger partial charge in [-0.3, -0.25) is 9.59 Å². The second-order valence-corrected chi connectivity index (χ2v) is 8.13. The molecule has 1 aliphatic rings. The minimum atomic E-state index is -0.680. The number of aryl methyl sites for hydroxylation is 1. The van der Waals surface area contributed by atoms with Gasteiger partial charge in [0, 0.05) is 10.4 Å². The molecule has 152 valence electrons. The lowest BCUT2D eigenvalue weighted by Crippen LogP contribution is -2.29. The number of rotatable bonds is 5. The Morgan fingerprint density at radius 2 is 1.90 bits per heavy atom. The molecule has 6 heteroatoms. The van der Waals surface area contributed by atoms with E-state index in [4.69, 9.17) is 4.74 Å². The summed E-state index contributed by atoms with van der Waals surface area (Å²) >= 11 is 1.53. The van der Waals surface area contributed by atoms with Gasteiger partial charge in [0.05, 0.1) is 25.3 Å². The molecule has 1 saturated heterocycles. The van der Waals surface area contributed by atoms with Gasteiger partial charge in [-0.2, -0.15) is 0 Å². The number of hydrogen-bond acceptors (Lipinski definition) is 5. The van der Waals surface area contributed by atoms with Gasteiger partial charge in [0.1, 0.15) is 11.5 Å². The summed E-state index contributed by atoms with van der Waals surface area (Å²) in [5, 5.41) is 13.1. The van der Waals surface area contributed by atoms with Crippen LogP contribution in [0, 0.1) is 6.92 Å². The third kappa shape index (κ3) is 3.50. The zero-order chi connectivity index (χ0) is 21.3. The topological polar surface area (TPSA) is 66.8 Å². The highest BCUT2D eigenvalue weighted by Crippen LogP contribution is 2.41. The van der Waals surface area contributed by atoms with Crippen molar-refractivity contribution in [3.8, 4) is 5.75 Å². The Bertz CT molecular complexity index is 1130. The summed E-state index contributed by atoms with van der Waals surface area (Å²) in [5.74, 6) is -0.935. The summed E-state index contributed by atoms with van der Waals surface area (Å²) in [6, 6.07) is 17.6. The van der Waals surface area contributed by atoms with E-state index < -0.39 is 17.7 Å². The van der Waals surface area contributed by atoms with Crippen molar-refractivity contribution in [3.63, 3.8) is 0 Å². The predicted octanol–water partition coefficient (Wildman–Crippen LogP) is 4.69. The first-order chi connectivity index (χ1) is 14.5. The largest absolute Gasteiger partial charge is 0.507 e. The van der Waals surface area contributed by atoms with E-state index in [-0.39, 0.29) is 11.3 Å². The maximum Gasteiger partial charge on any atom is 0.295 e. The van der Waals surface area contributed by atoms with Crippen molar-refractivity contribution in [1.29, 1.82) is 0 Å². The lowest BCUT2D eigenvalue weighted by atomic mass is 9.92. The molecule has 2 heterocycles. The van der Waals surface area contributed by atoms with Crippen molar-refractivity contribution >= 4 is 28.8 Å². The number of ether oxygens (including phenoxy) is 1. The first-order valence-electron chi connectivity index (χ1n) is 9.52. The average Bonchev–Trinajstić information content (AvgIpc) is 3.36. The van der Waals surface area contributed by atoms with E-state index in [0.29, 0.717) is 17.9 Å². The van der Waals surface area contributed by atoms with Crippen LogP contribution in [0.15, 0.2) is 71.6 Å². The van der Waals surface area contributed by atoms with Crippen molar-refractivity contribution in [3.05, 3.63) is 93.2 Å². The minimum Gasteiger partial charge on any atom is -0.507 e. The summed E-state index contributed by atoms with van der Waals surface area (Å²) in [6.45, 7) is 2.24. The number of benzene rings is 2. The van der Waals surface area contributed by atoms with Crippen LogP contribution in [-0.4, -0.2) is 28.8 Å². The quantitative estimate of drug-likeness (QED) is 0.370. The fourth-order valence-electron chi connectivity index (χ4n) is 3.76. The number of amides is 1. The maximum absolute atomic E-state index is 13.1. The molecular formula is C24H21NO4S. The number of carbonyl (C=O) groups is 2. The zero-order valence-electron chi connectivity index (χ0n) is 16.7. The van der Waals surface area contributed by atoms with Gasteiger partial charge in [0.15, 0.2) is 0 Å². The molecule has 1 fully saturated rings. The van der Waals surface area contributed by atoms with E-state index in [1.54, 1.807) is 29.2 Å². The molecule has 4 rings (SSSR count). The van der Waals surface area contributed by atoms with E-state index in [9.17, 15) is 14.7 Å². The van der Waals surface area contributed by atoms with Crippen molar-refractivity contribution in [2.75, 3.05) is 7.11 Å². The Balaban J connectivity index is 1.89. The van der Waals surface area contributed by atoms with Gasteiger partial charge in [0.2, 0.25) is 0 Å². The molecule has 0 spiro atoms. The average molecular weight is 420 g/mol. The Kier molecular flexibility index (Phi) is 5.42. The number of Topliss-reactive ketones (excluding diaryl/α,β-unsaturated/α-hetero) is 1. The second kappa shape index (κ2) is 8.16. The molecule has 5 nitrogen and oxygen atoms in total. The van der Waals surface area contributed by atoms with E-state index in [2.05, 4.69) is 0 Å². The molecule has 1 amide bonds. The summed E-state index contributed by atoms with van der Waals surface area (Å²) in [6.07, 6.45) is 0. The van der Waals surface area contributed by atoms with Gasteiger partial charge >= 0.3 is 0 Å².